The molecule has 4 aliphatic rings. The van der Waals surface area contributed by atoms with E-state index in [0.29, 0.717) is 6.61 Å². The van der Waals surface area contributed by atoms with E-state index in [1.807, 2.05) is 277 Å². The summed E-state index contributed by atoms with van der Waals surface area (Å²) in [5, 5.41) is 0. The fourth-order valence-electron chi connectivity index (χ4n) is 13.7. The van der Waals surface area contributed by atoms with Crippen LogP contribution in [0.5, 0.6) is 0 Å². The maximum atomic E-state index is 13.2. The molecule has 0 bridgehead atoms. The molecule has 17 heteroatoms. The highest BCUT2D eigenvalue weighted by Crippen LogP contribution is 2.42. The average Bonchev–Trinajstić information content (AvgIpc) is 0.767. The van der Waals surface area contributed by atoms with Gasteiger partial charge in [0.25, 0.3) is 0 Å². The van der Waals surface area contributed by atoms with Gasteiger partial charge in [0.2, 0.25) is 0 Å². The van der Waals surface area contributed by atoms with Gasteiger partial charge in [0.15, 0.2) is 25.0 Å². The minimum Gasteiger partial charge on any atom is -0.457 e. The molecule has 0 aromatic heterocycles. The van der Waals surface area contributed by atoms with Crippen molar-refractivity contribution < 1.29 is 80.6 Å². The monoisotopic (exact) mass is 1380 g/mol. The van der Waals surface area contributed by atoms with Gasteiger partial charge in [-0.25, -0.2) is 0 Å². The van der Waals surface area contributed by atoms with E-state index in [2.05, 4.69) is 0 Å². The van der Waals surface area contributed by atoms with Crippen LogP contribution in [-0.4, -0.2) is 129 Å². The first-order chi connectivity index (χ1) is 49.5. The van der Waals surface area contributed by atoms with Crippen LogP contribution < -0.4 is 0 Å². The molecule has 17 nitrogen and oxygen atoms in total. The number of hydrogen-bond donors (Lipinski definition) is 0. The lowest BCUT2D eigenvalue weighted by atomic mass is 9.91. The molecule has 20 atom stereocenters. The van der Waals surface area contributed by atoms with E-state index in [-0.39, 0.29) is 52.9 Å². The third-order valence-corrected chi connectivity index (χ3v) is 19.0. The van der Waals surface area contributed by atoms with Gasteiger partial charge >= 0.3 is 5.97 Å². The summed E-state index contributed by atoms with van der Waals surface area (Å²) in [5.41, 5.74) is 7.62. The van der Waals surface area contributed by atoms with Gasteiger partial charge in [0.05, 0.1) is 90.0 Å². The lowest BCUT2D eigenvalue weighted by molar-refractivity contribution is -0.393. The molecule has 0 spiro atoms. The van der Waals surface area contributed by atoms with Crippen molar-refractivity contribution in [3.05, 3.63) is 287 Å². The van der Waals surface area contributed by atoms with E-state index >= 15 is 0 Å². The molecule has 4 saturated heterocycles. The topological polar surface area (TPSA) is 165 Å². The van der Waals surface area contributed by atoms with Crippen molar-refractivity contribution in [1.29, 1.82) is 0 Å². The summed E-state index contributed by atoms with van der Waals surface area (Å²) in [5.74, 6) is -1.19. The third kappa shape index (κ3) is 20.3. The fourth-order valence-corrected chi connectivity index (χ4v) is 13.7. The predicted molar refractivity (Wildman–Crippen MR) is 378 cm³/mol. The van der Waals surface area contributed by atoms with Gasteiger partial charge in [0.1, 0.15) is 61.0 Å². The normalized spacial score (nSPS) is 29.8. The number of carbonyl (C=O) groups excluding carboxylic acids is 1. The summed E-state index contributed by atoms with van der Waals surface area (Å²) in [7, 11) is 0. The Morgan fingerprint density at radius 2 is 0.554 bits per heavy atom. The Labute approximate surface area is 594 Å². The highest BCUT2D eigenvalue weighted by molar-refractivity contribution is 5.66. The molecule has 0 amide bonds. The molecular formula is C84H96O17. The van der Waals surface area contributed by atoms with Crippen LogP contribution in [0, 0.1) is 5.92 Å². The molecule has 0 aliphatic carbocycles. The molecule has 0 radical (unpaired) electrons. The molecule has 12 rings (SSSR count). The highest BCUT2D eigenvalue weighted by Gasteiger charge is 2.57. The molecule has 0 saturated carbocycles. The number of hydrogen-bond acceptors (Lipinski definition) is 17. The van der Waals surface area contributed by atoms with Crippen LogP contribution >= 0.6 is 0 Å². The molecule has 534 valence electrons. The lowest BCUT2D eigenvalue weighted by Gasteiger charge is -2.52. The van der Waals surface area contributed by atoms with Gasteiger partial charge in [-0.15, -0.1) is 0 Å². The van der Waals surface area contributed by atoms with Crippen molar-refractivity contribution in [1.82, 2.24) is 0 Å². The van der Waals surface area contributed by atoms with Crippen LogP contribution in [0.15, 0.2) is 243 Å². The van der Waals surface area contributed by atoms with Crippen molar-refractivity contribution >= 4 is 5.97 Å². The van der Waals surface area contributed by atoms with E-state index in [4.69, 9.17) is 75.8 Å². The Hall–Kier alpha value is -7.37. The number of esters is 1. The zero-order valence-corrected chi connectivity index (χ0v) is 58.4. The molecular weight excluding hydrogens is 1280 g/mol. The average molecular weight is 1380 g/mol. The zero-order chi connectivity index (χ0) is 69.7. The number of ether oxygens (including phenoxy) is 16. The second kappa shape index (κ2) is 37.2. The lowest BCUT2D eigenvalue weighted by Crippen LogP contribution is -2.66. The number of carbonyl (C=O) groups is 1. The predicted octanol–water partition coefficient (Wildman–Crippen LogP) is 14.0. The Bertz CT molecular complexity index is 3650. The first-order valence-corrected chi connectivity index (χ1v) is 35.4. The minimum atomic E-state index is -1.24. The van der Waals surface area contributed by atoms with Gasteiger partial charge in [-0.3, -0.25) is 4.79 Å². The standard InChI is InChI=1S/C84H96O17/c1-56-71(99-83-80(93-54-69-45-29-14-30-46-69)78(92-53-68-43-27-13-28-44-68)76(90-51-66-39-23-11-24-40-66)70(98-83)55-86-47-62-31-15-7-16-32-62)72(87-48-63-33-17-8-18-34-63)58(3)95-82(56)101-81-77(91-52-67-41-25-12-26-42-67)73(88-49-64-35-19-9-20-36-64)59(4)96-84(81)100-79-74(89-50-65-37-21-10-22-38-65)57(2)94-60(5)75(79)97-61(6)85/h7-46,56-60,70-84H,47-55H2,1-6H3/t56?,57?,58?,59?,60-,70-,71+,72-,73-,74-,75?,76+,77-,78?,79-,80?,81?,82-,83+,84-/m0/s1. The first kappa shape index (κ1) is 73.4. The van der Waals surface area contributed by atoms with Crippen LogP contribution in [0.3, 0.4) is 0 Å². The summed E-state index contributed by atoms with van der Waals surface area (Å²) in [4.78, 5) is 13.2. The van der Waals surface area contributed by atoms with Crippen molar-refractivity contribution in [3.63, 3.8) is 0 Å². The Morgan fingerprint density at radius 1 is 0.277 bits per heavy atom. The first-order valence-electron chi connectivity index (χ1n) is 35.4. The van der Waals surface area contributed by atoms with Crippen LogP contribution in [0.25, 0.3) is 0 Å². The molecule has 4 heterocycles. The quantitative estimate of drug-likeness (QED) is 0.0365. The van der Waals surface area contributed by atoms with Gasteiger partial charge in [-0.05, 0) is 72.2 Å². The molecule has 0 N–H and O–H groups in total. The summed E-state index contributed by atoms with van der Waals surface area (Å²) in [6, 6.07) is 80.0. The van der Waals surface area contributed by atoms with Gasteiger partial charge in [-0.1, -0.05) is 250 Å². The van der Waals surface area contributed by atoms with E-state index in [1.165, 1.54) is 6.92 Å². The van der Waals surface area contributed by atoms with E-state index in [0.717, 1.165) is 44.5 Å². The van der Waals surface area contributed by atoms with E-state index in [9.17, 15) is 4.79 Å². The van der Waals surface area contributed by atoms with Gasteiger partial charge in [0, 0.05) is 12.8 Å². The SMILES string of the molecule is CC(=O)OC1[C@H](C)OC(C)[C@H](OCc2ccccc2)[C@@H]1O[C@@H]1OC(C)[C@H](OCc2ccccc2)[C@H](OCc2ccccc2)C1O[C@@H]1OC(C)[C@H](OCc2ccccc2)[C@H](O[C@H]2O[C@@H](COCc3ccccc3)[C@@H](OCc3ccccc3)C(OCc3ccccc3)C2OCc2ccccc2)C1C. The molecule has 101 heavy (non-hydrogen) atoms. The van der Waals surface area contributed by atoms with Gasteiger partial charge in [-0.2, -0.15) is 0 Å². The largest absolute Gasteiger partial charge is 0.457 e. The summed E-state index contributed by atoms with van der Waals surface area (Å²) >= 11 is 0. The Morgan fingerprint density at radius 3 is 0.950 bits per heavy atom. The van der Waals surface area contributed by atoms with Crippen molar-refractivity contribution in [2.75, 3.05) is 6.61 Å². The zero-order valence-electron chi connectivity index (χ0n) is 58.4. The van der Waals surface area contributed by atoms with Crippen molar-refractivity contribution in [3.8, 4) is 0 Å². The van der Waals surface area contributed by atoms with Crippen LogP contribution in [0.4, 0.5) is 0 Å². The number of benzene rings is 8. The molecule has 8 aromatic carbocycles. The summed E-state index contributed by atoms with van der Waals surface area (Å²) in [6.45, 7) is 13.0. The summed E-state index contributed by atoms with van der Waals surface area (Å²) in [6.07, 6.45) is -16.3. The van der Waals surface area contributed by atoms with E-state index < -0.39 is 128 Å². The second-order valence-corrected chi connectivity index (χ2v) is 26.6. The third-order valence-electron chi connectivity index (χ3n) is 19.0. The molecule has 4 fully saturated rings. The minimum absolute atomic E-state index is 0.102. The van der Waals surface area contributed by atoms with Crippen LogP contribution in [0.2, 0.25) is 0 Å². The Kier molecular flexibility index (Phi) is 27.0. The molecule has 8 unspecified atom stereocenters. The molecule has 4 aliphatic heterocycles. The fraction of sp³-hybridized carbons (Fsp3) is 0.417. The highest BCUT2D eigenvalue weighted by atomic mass is 16.8. The smallest absolute Gasteiger partial charge is 0.303 e. The summed E-state index contributed by atoms with van der Waals surface area (Å²) < 4.78 is 114. The van der Waals surface area contributed by atoms with E-state index in [1.54, 1.807) is 0 Å². The van der Waals surface area contributed by atoms with Crippen LogP contribution in [-0.2, 0) is 133 Å². The van der Waals surface area contributed by atoms with Crippen molar-refractivity contribution in [2.45, 2.75) is 211 Å². The maximum Gasteiger partial charge on any atom is 0.303 e. The number of rotatable bonds is 32. The Balaban J connectivity index is 0.941. The van der Waals surface area contributed by atoms with Crippen molar-refractivity contribution in [2.24, 2.45) is 5.92 Å². The van der Waals surface area contributed by atoms with Crippen LogP contribution in [0.1, 0.15) is 86.1 Å². The van der Waals surface area contributed by atoms with Gasteiger partial charge < -0.3 is 75.8 Å². The molecule has 8 aromatic rings. The maximum absolute atomic E-state index is 13.2. The second-order valence-electron chi connectivity index (χ2n) is 26.6.